The lowest BCUT2D eigenvalue weighted by molar-refractivity contribution is -0.138. The lowest BCUT2D eigenvalue weighted by atomic mass is 9.95. The van der Waals surface area contributed by atoms with Crippen molar-refractivity contribution in [2.75, 3.05) is 0 Å². The molecule has 0 amide bonds. The van der Waals surface area contributed by atoms with Crippen LogP contribution in [0.3, 0.4) is 0 Å². The molecule has 7 heteroatoms. The summed E-state index contributed by atoms with van der Waals surface area (Å²) in [5.74, 6) is 0. The van der Waals surface area contributed by atoms with E-state index in [-0.39, 0.29) is 5.56 Å². The molecule has 5 aromatic rings. The summed E-state index contributed by atoms with van der Waals surface area (Å²) in [6.07, 6.45) is -8.98. The van der Waals surface area contributed by atoms with Gasteiger partial charge in [0.1, 0.15) is 0 Å². The van der Waals surface area contributed by atoms with E-state index in [0.717, 1.165) is 45.3 Å². The molecule has 0 atom stereocenters. The van der Waals surface area contributed by atoms with Crippen LogP contribution in [0.15, 0.2) is 103 Å². The van der Waals surface area contributed by atoms with Crippen LogP contribution in [0.1, 0.15) is 11.1 Å². The Morgan fingerprint density at radius 2 is 1.08 bits per heavy atom. The summed E-state index contributed by atoms with van der Waals surface area (Å²) in [5, 5.41) is 1.03. The van der Waals surface area contributed by atoms with E-state index in [1.54, 1.807) is 24.3 Å². The second-order valence-corrected chi connectivity index (χ2v) is 8.78. The minimum Gasteiger partial charge on any atom is -0.256 e. The Bertz CT molecular complexity index is 1550. The third-order valence-electron chi connectivity index (χ3n) is 6.08. The smallest absolute Gasteiger partial charge is 0.256 e. The zero-order chi connectivity index (χ0) is 26.2. The number of benzene rings is 4. The van der Waals surface area contributed by atoms with Crippen molar-refractivity contribution >= 4 is 10.9 Å². The average molecular weight is 507 g/mol. The molecule has 4 aromatic carbocycles. The van der Waals surface area contributed by atoms with Gasteiger partial charge in [0.15, 0.2) is 0 Å². The zero-order valence-electron chi connectivity index (χ0n) is 19.2. The summed E-state index contributed by atoms with van der Waals surface area (Å²) in [6.45, 7) is 0. The third-order valence-corrected chi connectivity index (χ3v) is 6.08. The van der Waals surface area contributed by atoms with Gasteiger partial charge in [-0.3, -0.25) is 4.98 Å². The summed E-state index contributed by atoms with van der Waals surface area (Å²) in [6, 6.07) is 27.0. The number of halogens is 6. The predicted molar refractivity (Wildman–Crippen MR) is 133 cm³/mol. The first-order chi connectivity index (χ1) is 17.5. The second kappa shape index (κ2) is 9.39. The van der Waals surface area contributed by atoms with Crippen LogP contribution in [0.4, 0.5) is 26.3 Å². The Hall–Kier alpha value is -4.13. The highest BCUT2D eigenvalue weighted by atomic mass is 19.4. The van der Waals surface area contributed by atoms with E-state index in [1.807, 2.05) is 54.7 Å². The number of alkyl halides is 6. The van der Waals surface area contributed by atoms with Crippen LogP contribution < -0.4 is 0 Å². The Labute approximate surface area is 209 Å². The fraction of sp³-hybridized carbons (Fsp3) is 0.100. The van der Waals surface area contributed by atoms with Gasteiger partial charge in [-0.25, -0.2) is 0 Å². The largest absolute Gasteiger partial charge is 0.416 e. The molecule has 0 bridgehead atoms. The topological polar surface area (TPSA) is 12.9 Å². The van der Waals surface area contributed by atoms with Gasteiger partial charge in [0.25, 0.3) is 0 Å². The normalized spacial score (nSPS) is 12.2. The number of hydrogen-bond acceptors (Lipinski definition) is 1. The lowest BCUT2D eigenvalue weighted by Crippen LogP contribution is -2.13. The van der Waals surface area contributed by atoms with E-state index in [1.165, 1.54) is 0 Å². The van der Waals surface area contributed by atoms with Gasteiger partial charge in [-0.1, -0.05) is 72.8 Å². The van der Waals surface area contributed by atoms with Gasteiger partial charge in [0.2, 0.25) is 0 Å². The van der Waals surface area contributed by atoms with Crippen molar-refractivity contribution in [3.63, 3.8) is 0 Å². The maximum absolute atomic E-state index is 13.3. The highest BCUT2D eigenvalue weighted by Gasteiger charge is 2.33. The van der Waals surface area contributed by atoms with Crippen molar-refractivity contribution in [3.05, 3.63) is 114 Å². The van der Waals surface area contributed by atoms with Crippen LogP contribution in [0.2, 0.25) is 0 Å². The van der Waals surface area contributed by atoms with Gasteiger partial charge in [-0.05, 0) is 57.6 Å². The van der Waals surface area contributed by atoms with Crippen molar-refractivity contribution in [2.24, 2.45) is 0 Å². The summed E-state index contributed by atoms with van der Waals surface area (Å²) in [4.78, 5) is 4.49. The predicted octanol–water partition coefficient (Wildman–Crippen LogP) is 9.36. The number of pyridine rings is 1. The molecule has 1 heterocycles. The van der Waals surface area contributed by atoms with Gasteiger partial charge in [-0.15, -0.1) is 0 Å². The van der Waals surface area contributed by atoms with Crippen molar-refractivity contribution < 1.29 is 26.3 Å². The van der Waals surface area contributed by atoms with Crippen LogP contribution in [-0.4, -0.2) is 11.2 Å². The molecule has 1 aromatic heterocycles. The Kier molecular flexibility index (Phi) is 6.23. The molecule has 0 N–H and O–H groups in total. The maximum atomic E-state index is 13.3. The number of para-hydroxylation sites is 1. The summed E-state index contributed by atoms with van der Waals surface area (Å²) < 4.78 is 78.6. The molecule has 0 saturated heterocycles. The van der Waals surface area contributed by atoms with E-state index in [4.69, 9.17) is 0 Å². The van der Waals surface area contributed by atoms with Crippen LogP contribution in [0.5, 0.6) is 0 Å². The van der Waals surface area contributed by atoms with E-state index in [0.29, 0.717) is 11.6 Å². The molecule has 0 spiro atoms. The van der Waals surface area contributed by atoms with Crippen LogP contribution in [-0.2, 0) is 12.6 Å². The molecule has 1 nitrogen and oxygen atoms in total. The second-order valence-electron chi connectivity index (χ2n) is 8.78. The van der Waals surface area contributed by atoms with Crippen molar-refractivity contribution in [1.29, 1.82) is 0 Å². The van der Waals surface area contributed by atoms with Gasteiger partial charge >= 0.3 is 12.4 Å². The Morgan fingerprint density at radius 1 is 0.541 bits per heavy atom. The molecule has 37 heavy (non-hydrogen) atoms. The van der Waals surface area contributed by atoms with Gasteiger partial charge in [-0.2, -0.15) is 26.3 Å². The summed E-state index contributed by atoms with van der Waals surface area (Å²) >= 11 is 0. The minimum atomic E-state index is -4.75. The molecular weight excluding hydrogens is 488 g/mol. The number of nitrogens with zero attached hydrogens (tertiary/aromatic N) is 1. The molecule has 0 radical (unpaired) electrons. The van der Waals surface area contributed by atoms with E-state index in [2.05, 4.69) is 11.1 Å². The zero-order valence-corrected chi connectivity index (χ0v) is 19.2. The van der Waals surface area contributed by atoms with E-state index in [9.17, 15) is 26.3 Å². The van der Waals surface area contributed by atoms with Crippen LogP contribution in [0.25, 0.3) is 44.3 Å². The first kappa shape index (κ1) is 24.6. The molecule has 0 aliphatic carbocycles. The minimum absolute atomic E-state index is 0.0831. The quantitative estimate of drug-likeness (QED) is 0.221. The van der Waals surface area contributed by atoms with Gasteiger partial charge in [0.05, 0.1) is 17.5 Å². The van der Waals surface area contributed by atoms with Gasteiger partial charge in [0, 0.05) is 17.1 Å². The molecule has 0 fully saturated rings. The third kappa shape index (κ3) is 5.66. The van der Waals surface area contributed by atoms with Crippen molar-refractivity contribution in [2.45, 2.75) is 18.8 Å². The van der Waals surface area contributed by atoms with Gasteiger partial charge < -0.3 is 0 Å². The number of aromatic nitrogens is 1. The molecule has 5 rings (SSSR count). The standard InChI is InChI=1S/C30H19F6N/c31-29(32,33)17-19-13-25(16-27(14-19)30(34,35)36)22-9-5-20(6-10-22)21-7-11-23(12-8-21)26-15-24-3-1-2-4-28(24)37-18-26/h1-16,18H,17H2. The van der Waals surface area contributed by atoms with Crippen molar-refractivity contribution in [3.8, 4) is 33.4 Å². The fourth-order valence-electron chi connectivity index (χ4n) is 4.30. The lowest BCUT2D eigenvalue weighted by Gasteiger charge is -2.14. The summed E-state index contributed by atoms with van der Waals surface area (Å²) in [7, 11) is 0. The molecule has 0 aliphatic rings. The SMILES string of the molecule is FC(F)(F)Cc1cc(-c2ccc(-c3ccc(-c4cnc5ccccc5c4)cc3)cc2)cc(C(F)(F)F)c1. The number of rotatable bonds is 4. The monoisotopic (exact) mass is 507 g/mol. The summed E-state index contributed by atoms with van der Waals surface area (Å²) in [5.41, 5.74) is 3.54. The number of fused-ring (bicyclic) bond motifs is 1. The van der Waals surface area contributed by atoms with E-state index >= 15 is 0 Å². The highest BCUT2D eigenvalue weighted by Crippen LogP contribution is 2.36. The van der Waals surface area contributed by atoms with Crippen LogP contribution >= 0.6 is 0 Å². The molecule has 0 unspecified atom stereocenters. The van der Waals surface area contributed by atoms with Crippen LogP contribution in [0, 0.1) is 0 Å². The molecule has 0 saturated carbocycles. The first-order valence-electron chi connectivity index (χ1n) is 11.4. The highest BCUT2D eigenvalue weighted by molar-refractivity contribution is 5.84. The van der Waals surface area contributed by atoms with E-state index < -0.39 is 29.9 Å². The molecule has 186 valence electrons. The first-order valence-corrected chi connectivity index (χ1v) is 11.4. The number of hydrogen-bond donors (Lipinski definition) is 0. The molecular formula is C30H19F6N. The maximum Gasteiger partial charge on any atom is 0.416 e. The Morgan fingerprint density at radius 3 is 1.65 bits per heavy atom. The fourth-order valence-corrected chi connectivity index (χ4v) is 4.30. The Balaban J connectivity index is 1.42. The van der Waals surface area contributed by atoms with Crippen molar-refractivity contribution in [1.82, 2.24) is 4.98 Å². The molecule has 0 aliphatic heterocycles. The average Bonchev–Trinajstić information content (AvgIpc) is 2.87.